The van der Waals surface area contributed by atoms with E-state index in [1.165, 1.54) is 7.11 Å². The quantitative estimate of drug-likeness (QED) is 0.836. The molecule has 2 aromatic rings. The van der Waals surface area contributed by atoms with Crippen LogP contribution in [-0.4, -0.2) is 48.5 Å². The van der Waals surface area contributed by atoms with Gasteiger partial charge in [-0.1, -0.05) is 36.4 Å². The second-order valence-electron chi connectivity index (χ2n) is 7.76. The third-order valence-electron chi connectivity index (χ3n) is 5.83. The number of hydrogen-bond donors (Lipinski definition) is 1. The minimum absolute atomic E-state index is 0.199. The minimum Gasteiger partial charge on any atom is -0.495 e. The molecule has 0 aromatic heterocycles. The first kappa shape index (κ1) is 20.2. The molecule has 2 aromatic carbocycles. The summed E-state index contributed by atoms with van der Waals surface area (Å²) in [6.07, 6.45) is 0.217. The zero-order chi connectivity index (χ0) is 21.1. The summed E-state index contributed by atoms with van der Waals surface area (Å²) < 4.78 is 16.4. The van der Waals surface area contributed by atoms with Crippen molar-refractivity contribution in [2.24, 2.45) is 0 Å². The summed E-state index contributed by atoms with van der Waals surface area (Å²) in [5, 5.41) is 20.8. The molecule has 2 unspecified atom stereocenters. The Hall–Kier alpha value is -3.08. The molecule has 2 fully saturated rings. The molecule has 7 nitrogen and oxygen atoms in total. The normalized spacial score (nSPS) is 25.3. The number of benzene rings is 2. The molecule has 0 radical (unpaired) electrons. The van der Waals surface area contributed by atoms with Gasteiger partial charge in [0.05, 0.1) is 43.6 Å². The van der Waals surface area contributed by atoms with Crippen molar-refractivity contribution in [3.8, 4) is 11.8 Å². The molecule has 2 aliphatic heterocycles. The van der Waals surface area contributed by atoms with E-state index in [0.29, 0.717) is 42.9 Å². The number of piperidine rings is 1. The highest BCUT2D eigenvalue weighted by Gasteiger charge is 2.49. The molecule has 2 bridgehead atoms. The van der Waals surface area contributed by atoms with Crippen LogP contribution in [0.25, 0.3) is 0 Å². The Balaban J connectivity index is 1.52. The number of nitrogens with zero attached hydrogens (tertiary/aromatic N) is 2. The van der Waals surface area contributed by atoms with Gasteiger partial charge in [-0.3, -0.25) is 4.90 Å². The molecule has 156 valence electrons. The number of nitriles is 1. The second kappa shape index (κ2) is 8.34. The lowest BCUT2D eigenvalue weighted by Crippen LogP contribution is -2.62. The fraction of sp³-hybridized carbons (Fsp3) is 0.391. The van der Waals surface area contributed by atoms with Crippen molar-refractivity contribution in [3.05, 3.63) is 65.2 Å². The van der Waals surface area contributed by atoms with Crippen LogP contribution in [0.2, 0.25) is 0 Å². The number of methoxy groups -OCH3 is 1. The van der Waals surface area contributed by atoms with E-state index in [1.54, 1.807) is 23.1 Å². The summed E-state index contributed by atoms with van der Waals surface area (Å²) >= 11 is 0. The third kappa shape index (κ3) is 3.84. The monoisotopic (exact) mass is 408 g/mol. The fourth-order valence-electron chi connectivity index (χ4n) is 4.39. The molecule has 1 amide bonds. The average molecular weight is 408 g/mol. The van der Waals surface area contributed by atoms with E-state index >= 15 is 0 Å². The molecule has 0 aliphatic carbocycles. The SMILES string of the molecule is COc1ccc(C2(O)CC3COCC(C2)N3C(=O)OCc2ccccc2)cc1C#N. The fourth-order valence-corrected chi connectivity index (χ4v) is 4.39. The van der Waals surface area contributed by atoms with E-state index in [2.05, 4.69) is 6.07 Å². The van der Waals surface area contributed by atoms with Gasteiger partial charge in [0.2, 0.25) is 0 Å². The van der Waals surface area contributed by atoms with Crippen molar-refractivity contribution in [2.45, 2.75) is 37.1 Å². The van der Waals surface area contributed by atoms with Crippen molar-refractivity contribution in [1.29, 1.82) is 5.26 Å². The molecule has 2 atom stereocenters. The number of morpholine rings is 1. The minimum atomic E-state index is -1.16. The summed E-state index contributed by atoms with van der Waals surface area (Å²) in [7, 11) is 1.51. The molecule has 2 saturated heterocycles. The van der Waals surface area contributed by atoms with Gasteiger partial charge < -0.3 is 19.3 Å². The number of rotatable bonds is 4. The number of ether oxygens (including phenoxy) is 3. The predicted molar refractivity (Wildman–Crippen MR) is 108 cm³/mol. The Bertz CT molecular complexity index is 942. The third-order valence-corrected chi connectivity index (χ3v) is 5.83. The van der Waals surface area contributed by atoms with Crippen molar-refractivity contribution >= 4 is 6.09 Å². The number of carbonyl (C=O) groups is 1. The lowest BCUT2D eigenvalue weighted by molar-refractivity contribution is -0.136. The van der Waals surface area contributed by atoms with E-state index in [4.69, 9.17) is 14.2 Å². The van der Waals surface area contributed by atoms with Crippen molar-refractivity contribution in [1.82, 2.24) is 4.90 Å². The first-order valence-electron chi connectivity index (χ1n) is 9.92. The highest BCUT2D eigenvalue weighted by molar-refractivity contribution is 5.69. The molecule has 2 aliphatic rings. The smallest absolute Gasteiger partial charge is 0.410 e. The molecule has 7 heteroatoms. The van der Waals surface area contributed by atoms with Crippen LogP contribution in [0.1, 0.15) is 29.5 Å². The van der Waals surface area contributed by atoms with E-state index in [1.807, 2.05) is 30.3 Å². The van der Waals surface area contributed by atoms with E-state index in [9.17, 15) is 15.2 Å². The number of carbonyl (C=O) groups excluding carboxylic acids is 1. The number of fused-ring (bicyclic) bond motifs is 2. The first-order valence-corrected chi connectivity index (χ1v) is 9.92. The van der Waals surface area contributed by atoms with Crippen LogP contribution >= 0.6 is 0 Å². The zero-order valence-electron chi connectivity index (χ0n) is 16.8. The van der Waals surface area contributed by atoms with E-state index < -0.39 is 11.7 Å². The lowest BCUT2D eigenvalue weighted by atomic mass is 9.76. The maximum Gasteiger partial charge on any atom is 0.410 e. The zero-order valence-corrected chi connectivity index (χ0v) is 16.8. The van der Waals surface area contributed by atoms with Crippen LogP contribution in [0, 0.1) is 11.3 Å². The highest BCUT2D eigenvalue weighted by Crippen LogP contribution is 2.42. The van der Waals surface area contributed by atoms with Crippen molar-refractivity contribution in [2.75, 3.05) is 20.3 Å². The maximum atomic E-state index is 12.8. The number of aliphatic hydroxyl groups is 1. The molecule has 4 rings (SSSR count). The Kier molecular flexibility index (Phi) is 5.62. The van der Waals surface area contributed by atoms with Crippen LogP contribution in [0.5, 0.6) is 5.75 Å². The predicted octanol–water partition coefficient (Wildman–Crippen LogP) is 2.95. The summed E-state index contributed by atoms with van der Waals surface area (Å²) in [5.74, 6) is 0.468. The first-order chi connectivity index (χ1) is 14.5. The highest BCUT2D eigenvalue weighted by atomic mass is 16.6. The maximum absolute atomic E-state index is 12.8. The van der Waals surface area contributed by atoms with Crippen LogP contribution < -0.4 is 4.74 Å². The summed E-state index contributed by atoms with van der Waals surface area (Å²) in [6, 6.07) is 16.2. The largest absolute Gasteiger partial charge is 0.495 e. The average Bonchev–Trinajstić information content (AvgIpc) is 2.77. The summed E-state index contributed by atoms with van der Waals surface area (Å²) in [4.78, 5) is 14.5. The number of hydrogen-bond acceptors (Lipinski definition) is 6. The summed E-state index contributed by atoms with van der Waals surface area (Å²) in [5.41, 5.74) is 0.777. The molecular weight excluding hydrogens is 384 g/mol. The van der Waals surface area contributed by atoms with Crippen LogP contribution in [0.3, 0.4) is 0 Å². The standard InChI is InChI=1S/C23H24N2O5/c1-28-21-8-7-18(9-17(21)12-24)23(27)10-19-14-29-15-20(11-23)25(19)22(26)30-13-16-5-3-2-4-6-16/h2-9,19-20,27H,10-11,13-15H2,1H3. The van der Waals surface area contributed by atoms with Crippen LogP contribution in [-0.2, 0) is 21.7 Å². The van der Waals surface area contributed by atoms with Gasteiger partial charge in [0.15, 0.2) is 0 Å². The van der Waals surface area contributed by atoms with E-state index in [0.717, 1.165) is 5.56 Å². The topological polar surface area (TPSA) is 92.0 Å². The van der Waals surface area contributed by atoms with Crippen LogP contribution in [0.4, 0.5) is 4.79 Å². The van der Waals surface area contributed by atoms with Crippen LogP contribution in [0.15, 0.2) is 48.5 Å². The molecule has 1 N–H and O–H groups in total. The Morgan fingerprint density at radius 1 is 1.23 bits per heavy atom. The lowest BCUT2D eigenvalue weighted by Gasteiger charge is -2.51. The van der Waals surface area contributed by atoms with Crippen molar-refractivity contribution < 1.29 is 24.1 Å². The molecule has 2 heterocycles. The van der Waals surface area contributed by atoms with Gasteiger partial charge in [0.25, 0.3) is 0 Å². The Morgan fingerprint density at radius 2 is 1.93 bits per heavy atom. The number of amides is 1. The Labute approximate surface area is 175 Å². The van der Waals surface area contributed by atoms with Gasteiger partial charge in [-0.15, -0.1) is 0 Å². The molecule has 0 saturated carbocycles. The van der Waals surface area contributed by atoms with Gasteiger partial charge in [0.1, 0.15) is 18.4 Å². The van der Waals surface area contributed by atoms with Gasteiger partial charge in [0, 0.05) is 12.8 Å². The van der Waals surface area contributed by atoms with Gasteiger partial charge in [-0.25, -0.2) is 4.79 Å². The Morgan fingerprint density at radius 3 is 2.57 bits per heavy atom. The van der Waals surface area contributed by atoms with Gasteiger partial charge >= 0.3 is 6.09 Å². The van der Waals surface area contributed by atoms with Gasteiger partial charge in [-0.2, -0.15) is 5.26 Å². The van der Waals surface area contributed by atoms with Crippen molar-refractivity contribution in [3.63, 3.8) is 0 Å². The molecular formula is C23H24N2O5. The molecule has 0 spiro atoms. The molecule has 30 heavy (non-hydrogen) atoms. The second-order valence-corrected chi connectivity index (χ2v) is 7.76. The van der Waals surface area contributed by atoms with E-state index in [-0.39, 0.29) is 18.7 Å². The van der Waals surface area contributed by atoms with Gasteiger partial charge in [-0.05, 0) is 23.3 Å². The summed E-state index contributed by atoms with van der Waals surface area (Å²) in [6.45, 7) is 0.867.